The summed E-state index contributed by atoms with van der Waals surface area (Å²) in [6.45, 7) is 1.94. The number of hydrogen-bond donors (Lipinski definition) is 2. The molecular formula is C16H16N2O2S. The highest BCUT2D eigenvalue weighted by molar-refractivity contribution is 7.09. The van der Waals surface area contributed by atoms with Crippen molar-refractivity contribution in [2.45, 2.75) is 19.4 Å². The molecule has 0 fully saturated rings. The SMILES string of the molecule is CC(NC(=O)c1cccc(C#CCCO)c1)c1nccs1. The number of nitrogens with one attached hydrogen (secondary N) is 1. The molecule has 2 rings (SSSR count). The Bertz CT molecular complexity index is 656. The maximum Gasteiger partial charge on any atom is 0.251 e. The Kier molecular flexibility index (Phi) is 5.50. The average molecular weight is 300 g/mol. The molecule has 2 aromatic rings. The predicted octanol–water partition coefficient (Wildman–Crippen LogP) is 2.37. The van der Waals surface area contributed by atoms with Crippen molar-refractivity contribution in [3.63, 3.8) is 0 Å². The average Bonchev–Trinajstić information content (AvgIpc) is 3.02. The van der Waals surface area contributed by atoms with Crippen LogP contribution in [-0.4, -0.2) is 22.6 Å². The highest BCUT2D eigenvalue weighted by Gasteiger charge is 2.13. The zero-order valence-electron chi connectivity index (χ0n) is 11.7. The van der Waals surface area contributed by atoms with Crippen molar-refractivity contribution in [1.82, 2.24) is 10.3 Å². The number of aliphatic hydroxyl groups excluding tert-OH is 1. The van der Waals surface area contributed by atoms with Gasteiger partial charge in [0.15, 0.2) is 0 Å². The Morgan fingerprint density at radius 1 is 1.52 bits per heavy atom. The first-order chi connectivity index (χ1) is 10.2. The molecular weight excluding hydrogens is 284 g/mol. The fourth-order valence-corrected chi connectivity index (χ4v) is 2.39. The van der Waals surface area contributed by atoms with Crippen LogP contribution in [0.1, 0.15) is 40.3 Å². The number of aromatic nitrogens is 1. The Labute approximate surface area is 127 Å². The number of aliphatic hydroxyl groups is 1. The van der Waals surface area contributed by atoms with E-state index >= 15 is 0 Å². The van der Waals surface area contributed by atoms with Crippen LogP contribution < -0.4 is 5.32 Å². The van der Waals surface area contributed by atoms with E-state index in [0.717, 1.165) is 10.6 Å². The smallest absolute Gasteiger partial charge is 0.251 e. The molecule has 0 bridgehead atoms. The van der Waals surface area contributed by atoms with E-state index in [1.807, 2.05) is 18.4 Å². The van der Waals surface area contributed by atoms with Crippen LogP contribution in [0.4, 0.5) is 0 Å². The summed E-state index contributed by atoms with van der Waals surface area (Å²) in [4.78, 5) is 16.4. The Hall–Kier alpha value is -2.16. The third kappa shape index (κ3) is 4.42. The number of benzene rings is 1. The summed E-state index contributed by atoms with van der Waals surface area (Å²) in [5.74, 6) is 5.61. The van der Waals surface area contributed by atoms with Gasteiger partial charge in [0.25, 0.3) is 5.91 Å². The Morgan fingerprint density at radius 2 is 2.38 bits per heavy atom. The van der Waals surface area contributed by atoms with Gasteiger partial charge in [-0.05, 0) is 25.1 Å². The lowest BCUT2D eigenvalue weighted by Gasteiger charge is -2.11. The van der Waals surface area contributed by atoms with Crippen LogP contribution in [0.15, 0.2) is 35.8 Å². The normalized spacial score (nSPS) is 11.3. The minimum absolute atomic E-state index is 0.0402. The van der Waals surface area contributed by atoms with E-state index < -0.39 is 0 Å². The van der Waals surface area contributed by atoms with Crippen molar-refractivity contribution < 1.29 is 9.90 Å². The van der Waals surface area contributed by atoms with E-state index in [2.05, 4.69) is 22.1 Å². The first kappa shape index (κ1) is 15.2. The topological polar surface area (TPSA) is 62.2 Å². The molecule has 2 N–H and O–H groups in total. The van der Waals surface area contributed by atoms with E-state index in [1.54, 1.807) is 24.4 Å². The summed E-state index contributed by atoms with van der Waals surface area (Å²) in [5, 5.41) is 14.4. The van der Waals surface area contributed by atoms with E-state index in [4.69, 9.17) is 5.11 Å². The standard InChI is InChI=1S/C16H16N2O2S/c1-12(16-17-8-10-21-16)18-15(20)14-7-4-6-13(11-14)5-2-3-9-19/h4,6-8,10-12,19H,3,9H2,1H3,(H,18,20). The third-order valence-electron chi connectivity index (χ3n) is 2.76. The third-order valence-corrected chi connectivity index (χ3v) is 3.72. The zero-order chi connectivity index (χ0) is 15.1. The van der Waals surface area contributed by atoms with Gasteiger partial charge in [-0.3, -0.25) is 4.79 Å². The molecule has 108 valence electrons. The number of rotatable bonds is 4. The summed E-state index contributed by atoms with van der Waals surface area (Å²) in [7, 11) is 0. The molecule has 1 aromatic heterocycles. The fourth-order valence-electron chi connectivity index (χ4n) is 1.75. The van der Waals surface area contributed by atoms with Crippen LogP contribution in [0.5, 0.6) is 0 Å². The molecule has 0 saturated carbocycles. The number of amides is 1. The van der Waals surface area contributed by atoms with Crippen LogP contribution in [0.3, 0.4) is 0 Å². The molecule has 0 aliphatic carbocycles. The molecule has 5 heteroatoms. The van der Waals surface area contributed by atoms with Crippen molar-refractivity contribution in [3.05, 3.63) is 52.0 Å². The summed E-state index contributed by atoms with van der Waals surface area (Å²) in [6, 6.07) is 7.01. The molecule has 1 aromatic carbocycles. The summed E-state index contributed by atoms with van der Waals surface area (Å²) in [6.07, 6.45) is 2.15. The van der Waals surface area contributed by atoms with Gasteiger partial charge >= 0.3 is 0 Å². The second-order valence-electron chi connectivity index (χ2n) is 4.42. The van der Waals surface area contributed by atoms with Gasteiger partial charge in [0.1, 0.15) is 5.01 Å². The first-order valence-electron chi connectivity index (χ1n) is 6.60. The van der Waals surface area contributed by atoms with Crippen molar-refractivity contribution in [3.8, 4) is 11.8 Å². The monoisotopic (exact) mass is 300 g/mol. The Morgan fingerprint density at radius 3 is 3.10 bits per heavy atom. The van der Waals surface area contributed by atoms with E-state index in [1.165, 1.54) is 11.3 Å². The zero-order valence-corrected chi connectivity index (χ0v) is 12.5. The van der Waals surface area contributed by atoms with Gasteiger partial charge in [0, 0.05) is 29.1 Å². The molecule has 1 heterocycles. The molecule has 0 aliphatic heterocycles. The van der Waals surface area contributed by atoms with Crippen molar-refractivity contribution >= 4 is 17.2 Å². The number of carbonyl (C=O) groups excluding carboxylic acids is 1. The van der Waals surface area contributed by atoms with Crippen LogP contribution >= 0.6 is 11.3 Å². The highest BCUT2D eigenvalue weighted by Crippen LogP contribution is 2.15. The van der Waals surface area contributed by atoms with Crippen LogP contribution in [-0.2, 0) is 0 Å². The summed E-state index contributed by atoms with van der Waals surface area (Å²) in [5.41, 5.74) is 1.33. The minimum atomic E-state index is -0.150. The highest BCUT2D eigenvalue weighted by atomic mass is 32.1. The van der Waals surface area contributed by atoms with Gasteiger partial charge in [0.2, 0.25) is 0 Å². The molecule has 1 unspecified atom stereocenters. The maximum atomic E-state index is 12.2. The number of nitrogens with zero attached hydrogens (tertiary/aromatic N) is 1. The first-order valence-corrected chi connectivity index (χ1v) is 7.48. The van der Waals surface area contributed by atoms with Crippen LogP contribution in [0, 0.1) is 11.8 Å². The molecule has 1 atom stereocenters. The second-order valence-corrected chi connectivity index (χ2v) is 5.35. The predicted molar refractivity (Wildman–Crippen MR) is 83.0 cm³/mol. The van der Waals surface area contributed by atoms with Crippen molar-refractivity contribution in [1.29, 1.82) is 0 Å². The van der Waals surface area contributed by atoms with E-state index in [9.17, 15) is 4.79 Å². The molecule has 1 amide bonds. The molecule has 0 spiro atoms. The van der Waals surface area contributed by atoms with Gasteiger partial charge in [-0.2, -0.15) is 0 Å². The molecule has 4 nitrogen and oxygen atoms in total. The van der Waals surface area contributed by atoms with Gasteiger partial charge in [-0.25, -0.2) is 4.98 Å². The van der Waals surface area contributed by atoms with Gasteiger partial charge in [-0.1, -0.05) is 17.9 Å². The lowest BCUT2D eigenvalue weighted by Crippen LogP contribution is -2.26. The second kappa shape index (κ2) is 7.58. The number of carbonyl (C=O) groups is 1. The van der Waals surface area contributed by atoms with Crippen LogP contribution in [0.25, 0.3) is 0 Å². The van der Waals surface area contributed by atoms with Gasteiger partial charge in [-0.15, -0.1) is 11.3 Å². The van der Waals surface area contributed by atoms with E-state index in [0.29, 0.717) is 12.0 Å². The molecule has 21 heavy (non-hydrogen) atoms. The lowest BCUT2D eigenvalue weighted by atomic mass is 10.1. The quantitative estimate of drug-likeness (QED) is 0.852. The summed E-state index contributed by atoms with van der Waals surface area (Å²) >= 11 is 1.51. The molecule has 0 saturated heterocycles. The van der Waals surface area contributed by atoms with Crippen molar-refractivity contribution in [2.75, 3.05) is 6.61 Å². The number of thiazole rings is 1. The summed E-state index contributed by atoms with van der Waals surface area (Å²) < 4.78 is 0. The Balaban J connectivity index is 2.06. The fraction of sp³-hybridized carbons (Fsp3) is 0.250. The number of hydrogen-bond acceptors (Lipinski definition) is 4. The lowest BCUT2D eigenvalue weighted by molar-refractivity contribution is 0.0940. The minimum Gasteiger partial charge on any atom is -0.395 e. The van der Waals surface area contributed by atoms with E-state index in [-0.39, 0.29) is 18.6 Å². The van der Waals surface area contributed by atoms with Gasteiger partial charge in [0.05, 0.1) is 12.6 Å². The van der Waals surface area contributed by atoms with Crippen molar-refractivity contribution in [2.24, 2.45) is 0 Å². The molecule has 0 aliphatic rings. The maximum absolute atomic E-state index is 12.2. The van der Waals surface area contributed by atoms with Crippen LogP contribution in [0.2, 0.25) is 0 Å². The van der Waals surface area contributed by atoms with Gasteiger partial charge < -0.3 is 10.4 Å². The largest absolute Gasteiger partial charge is 0.395 e. The molecule has 0 radical (unpaired) electrons.